The van der Waals surface area contributed by atoms with Crippen LogP contribution in [0.2, 0.25) is 13.1 Å². The van der Waals surface area contributed by atoms with Crippen molar-refractivity contribution in [1.29, 1.82) is 0 Å². The van der Waals surface area contributed by atoms with Crippen LogP contribution in [0, 0.1) is 15.5 Å². The molecular formula is C17H25N2O4Si. The van der Waals surface area contributed by atoms with Crippen LogP contribution < -0.4 is 4.90 Å². The highest BCUT2D eigenvalue weighted by molar-refractivity contribution is 6.48. The zero-order valence-electron chi connectivity index (χ0n) is 15.0. The maximum atomic E-state index is 12.5. The van der Waals surface area contributed by atoms with Gasteiger partial charge in [-0.05, 0) is 31.0 Å². The number of rotatable bonds is 5. The summed E-state index contributed by atoms with van der Waals surface area (Å²) in [6, 6.07) is 4.94. The summed E-state index contributed by atoms with van der Waals surface area (Å²) in [5.41, 5.74) is 1.27. The second-order valence-electron chi connectivity index (χ2n) is 7.42. The maximum Gasteiger partial charge on any atom is 0.274 e. The predicted molar refractivity (Wildman–Crippen MR) is 95.6 cm³/mol. The average molecular weight is 349 g/mol. The fraction of sp³-hybridized carbons (Fsp3) is 0.588. The van der Waals surface area contributed by atoms with Crippen LogP contribution in [0.1, 0.15) is 32.8 Å². The van der Waals surface area contributed by atoms with Crippen molar-refractivity contribution in [2.75, 3.05) is 11.4 Å². The zero-order valence-corrected chi connectivity index (χ0v) is 16.0. The molecule has 0 aromatic heterocycles. The van der Waals surface area contributed by atoms with E-state index in [0.29, 0.717) is 30.6 Å². The van der Waals surface area contributed by atoms with E-state index >= 15 is 0 Å². The molecule has 0 spiro atoms. The SMILES string of the molecule is C[Si](C)OC(CN1C(=O)CCc2c1cccc2[N+](=O)[O-])C(C)(C)C. The standard InChI is InChI=1S/C17H25N2O4Si/c1-17(2,3)15(23-24(4)5)11-18-13-7-6-8-14(19(21)22)12(13)9-10-16(18)20/h6-8,15H,9-11H2,1-5H3. The van der Waals surface area contributed by atoms with Crippen LogP contribution in [0.15, 0.2) is 18.2 Å². The molecule has 1 amide bonds. The molecule has 7 heteroatoms. The van der Waals surface area contributed by atoms with Gasteiger partial charge in [-0.3, -0.25) is 14.9 Å². The Hall–Kier alpha value is -1.73. The number of nitro groups is 1. The monoisotopic (exact) mass is 349 g/mol. The van der Waals surface area contributed by atoms with Crippen LogP contribution in [-0.4, -0.2) is 32.5 Å². The highest BCUT2D eigenvalue weighted by Gasteiger charge is 2.35. The summed E-state index contributed by atoms with van der Waals surface area (Å²) in [6.07, 6.45) is 0.597. The minimum absolute atomic E-state index is 0.00169. The van der Waals surface area contributed by atoms with Gasteiger partial charge in [0.25, 0.3) is 5.69 Å². The van der Waals surface area contributed by atoms with Gasteiger partial charge in [-0.2, -0.15) is 0 Å². The Labute approximate surface area is 144 Å². The second-order valence-corrected chi connectivity index (χ2v) is 9.47. The van der Waals surface area contributed by atoms with Crippen LogP contribution in [-0.2, 0) is 15.6 Å². The molecule has 1 aliphatic heterocycles. The maximum absolute atomic E-state index is 12.5. The third kappa shape index (κ3) is 4.02. The van der Waals surface area contributed by atoms with Gasteiger partial charge in [-0.1, -0.05) is 26.8 Å². The lowest BCUT2D eigenvalue weighted by Crippen LogP contribution is -2.47. The highest BCUT2D eigenvalue weighted by Crippen LogP contribution is 2.36. The van der Waals surface area contributed by atoms with Crippen LogP contribution in [0.25, 0.3) is 0 Å². The van der Waals surface area contributed by atoms with Gasteiger partial charge in [0.05, 0.1) is 28.8 Å². The number of anilines is 1. The Morgan fingerprint density at radius 3 is 2.54 bits per heavy atom. The Kier molecular flexibility index (Phi) is 5.44. The Morgan fingerprint density at radius 2 is 2.00 bits per heavy atom. The molecular weight excluding hydrogens is 324 g/mol. The largest absolute Gasteiger partial charge is 0.412 e. The summed E-state index contributed by atoms with van der Waals surface area (Å²) < 4.78 is 6.13. The first-order valence-electron chi connectivity index (χ1n) is 8.14. The quantitative estimate of drug-likeness (QED) is 0.463. The van der Waals surface area contributed by atoms with Gasteiger partial charge >= 0.3 is 0 Å². The summed E-state index contributed by atoms with van der Waals surface area (Å²) in [4.78, 5) is 25.1. The number of nitrogens with zero attached hydrogens (tertiary/aromatic N) is 2. The van der Waals surface area contributed by atoms with Crippen molar-refractivity contribution in [3.8, 4) is 0 Å². The first-order chi connectivity index (χ1) is 11.1. The average Bonchev–Trinajstić information content (AvgIpc) is 2.46. The van der Waals surface area contributed by atoms with E-state index in [0.717, 1.165) is 0 Å². The summed E-state index contributed by atoms with van der Waals surface area (Å²) in [7, 11) is -0.927. The van der Waals surface area contributed by atoms with Gasteiger partial charge in [0.1, 0.15) is 0 Å². The lowest BCUT2D eigenvalue weighted by Gasteiger charge is -2.38. The summed E-state index contributed by atoms with van der Waals surface area (Å²) in [5, 5.41) is 11.3. The van der Waals surface area contributed by atoms with E-state index in [-0.39, 0.29) is 28.0 Å². The molecule has 0 fully saturated rings. The number of carbonyl (C=O) groups is 1. The number of fused-ring (bicyclic) bond motifs is 1. The molecule has 0 saturated carbocycles. The van der Waals surface area contributed by atoms with E-state index in [9.17, 15) is 14.9 Å². The van der Waals surface area contributed by atoms with E-state index in [1.165, 1.54) is 6.07 Å². The van der Waals surface area contributed by atoms with Crippen LogP contribution in [0.4, 0.5) is 11.4 Å². The van der Waals surface area contributed by atoms with E-state index in [1.807, 2.05) is 0 Å². The molecule has 0 N–H and O–H groups in total. The number of nitro benzene ring substituents is 1. The topological polar surface area (TPSA) is 72.7 Å². The lowest BCUT2D eigenvalue weighted by atomic mass is 9.88. The van der Waals surface area contributed by atoms with Crippen molar-refractivity contribution in [2.45, 2.75) is 52.8 Å². The molecule has 0 aliphatic carbocycles. The van der Waals surface area contributed by atoms with Gasteiger partial charge in [0.2, 0.25) is 14.9 Å². The molecule has 2 rings (SSSR count). The molecule has 1 aromatic carbocycles. The first kappa shape index (κ1) is 18.6. The molecule has 1 radical (unpaired) electrons. The molecule has 1 unspecified atom stereocenters. The summed E-state index contributed by atoms with van der Waals surface area (Å²) in [6.45, 7) is 10.8. The van der Waals surface area contributed by atoms with E-state index in [2.05, 4.69) is 33.9 Å². The molecule has 24 heavy (non-hydrogen) atoms. The van der Waals surface area contributed by atoms with Crippen LogP contribution in [0.3, 0.4) is 0 Å². The Morgan fingerprint density at radius 1 is 1.33 bits per heavy atom. The number of benzene rings is 1. The highest BCUT2D eigenvalue weighted by atomic mass is 28.3. The van der Waals surface area contributed by atoms with E-state index < -0.39 is 9.04 Å². The minimum Gasteiger partial charge on any atom is -0.412 e. The predicted octanol–water partition coefficient (Wildman–Crippen LogP) is 3.56. The molecule has 6 nitrogen and oxygen atoms in total. The van der Waals surface area contributed by atoms with Crippen LogP contribution in [0.5, 0.6) is 0 Å². The molecule has 0 saturated heterocycles. The molecule has 0 bridgehead atoms. The summed E-state index contributed by atoms with van der Waals surface area (Å²) >= 11 is 0. The van der Waals surface area contributed by atoms with Gasteiger partial charge in [0.15, 0.2) is 0 Å². The fourth-order valence-electron chi connectivity index (χ4n) is 2.88. The Balaban J connectivity index is 2.39. The molecule has 1 aromatic rings. The third-order valence-corrected chi connectivity index (χ3v) is 4.95. The van der Waals surface area contributed by atoms with Crippen molar-refractivity contribution in [3.05, 3.63) is 33.9 Å². The number of hydrogen-bond acceptors (Lipinski definition) is 4. The Bertz CT molecular complexity index is 640. The van der Waals surface area contributed by atoms with Gasteiger partial charge in [0, 0.05) is 12.5 Å². The second kappa shape index (κ2) is 7.02. The van der Waals surface area contributed by atoms with Crippen LogP contribution >= 0.6 is 0 Å². The summed E-state index contributed by atoms with van der Waals surface area (Å²) in [5.74, 6) is 0.00169. The fourth-order valence-corrected chi connectivity index (χ4v) is 3.88. The van der Waals surface area contributed by atoms with Crippen molar-refractivity contribution < 1.29 is 14.1 Å². The van der Waals surface area contributed by atoms with E-state index in [1.54, 1.807) is 17.0 Å². The van der Waals surface area contributed by atoms with E-state index in [4.69, 9.17) is 4.43 Å². The van der Waals surface area contributed by atoms with Gasteiger partial charge < -0.3 is 9.33 Å². The molecule has 1 atom stereocenters. The first-order valence-corrected chi connectivity index (χ1v) is 10.6. The van der Waals surface area contributed by atoms with Gasteiger partial charge in [-0.25, -0.2) is 0 Å². The van der Waals surface area contributed by atoms with Crippen molar-refractivity contribution in [1.82, 2.24) is 0 Å². The minimum atomic E-state index is -0.927. The smallest absolute Gasteiger partial charge is 0.274 e. The molecule has 1 aliphatic rings. The molecule has 1 heterocycles. The lowest BCUT2D eigenvalue weighted by molar-refractivity contribution is -0.385. The zero-order chi connectivity index (χ0) is 18.1. The molecule has 131 valence electrons. The van der Waals surface area contributed by atoms with Gasteiger partial charge in [-0.15, -0.1) is 0 Å². The number of amides is 1. The van der Waals surface area contributed by atoms with Crippen molar-refractivity contribution >= 4 is 26.3 Å². The third-order valence-electron chi connectivity index (χ3n) is 4.20. The number of carbonyl (C=O) groups excluding carboxylic acids is 1. The normalized spacial score (nSPS) is 16.2. The van der Waals surface area contributed by atoms with Crippen molar-refractivity contribution in [3.63, 3.8) is 0 Å². The van der Waals surface area contributed by atoms with Crippen molar-refractivity contribution in [2.24, 2.45) is 5.41 Å². The number of hydrogen-bond donors (Lipinski definition) is 0.